The molecule has 1 atom stereocenters. The van der Waals surface area contributed by atoms with Crippen LogP contribution >= 0.6 is 11.6 Å². The molecular weight excluding hydrogens is 530 g/mol. The Morgan fingerprint density at radius 2 is 1.62 bits per heavy atom. The van der Waals surface area contributed by atoms with Crippen molar-refractivity contribution in [2.45, 2.75) is 32.2 Å². The Hall–Kier alpha value is -4.49. The largest absolute Gasteiger partial charge is 0.495 e. The number of halogens is 1. The number of carbonyl (C=O) groups excluding carboxylic acids is 2. The molecule has 0 amide bonds. The van der Waals surface area contributed by atoms with Gasteiger partial charge >= 0.3 is 5.97 Å². The lowest BCUT2D eigenvalue weighted by Gasteiger charge is -2.22. The number of pyridine rings is 1. The van der Waals surface area contributed by atoms with Crippen molar-refractivity contribution in [1.29, 1.82) is 0 Å². The molecule has 0 saturated heterocycles. The van der Waals surface area contributed by atoms with Crippen molar-refractivity contribution >= 4 is 29.1 Å². The third-order valence-corrected chi connectivity index (χ3v) is 6.95. The van der Waals surface area contributed by atoms with Crippen LogP contribution in [0.4, 0.5) is 0 Å². The number of methoxy groups -OCH3 is 1. The minimum absolute atomic E-state index is 0.00263. The van der Waals surface area contributed by atoms with Crippen LogP contribution in [0.5, 0.6) is 5.75 Å². The van der Waals surface area contributed by atoms with Crippen LogP contribution in [0.2, 0.25) is 5.02 Å². The molecule has 0 radical (unpaired) electrons. The van der Waals surface area contributed by atoms with Crippen molar-refractivity contribution in [3.8, 4) is 16.9 Å². The Bertz CT molecular complexity index is 1610. The quantitative estimate of drug-likeness (QED) is 0.225. The Morgan fingerprint density at radius 3 is 2.25 bits per heavy atom. The molecule has 1 heterocycles. The van der Waals surface area contributed by atoms with Crippen LogP contribution in [0.3, 0.4) is 0 Å². The van der Waals surface area contributed by atoms with E-state index in [1.54, 1.807) is 37.3 Å². The van der Waals surface area contributed by atoms with Gasteiger partial charge in [0, 0.05) is 41.5 Å². The van der Waals surface area contributed by atoms with Crippen molar-refractivity contribution in [2.24, 2.45) is 0 Å². The molecule has 40 heavy (non-hydrogen) atoms. The molecule has 0 unspecified atom stereocenters. The number of aromatic carboxylic acids is 1. The van der Waals surface area contributed by atoms with E-state index in [0.29, 0.717) is 33.0 Å². The third kappa shape index (κ3) is 6.38. The van der Waals surface area contributed by atoms with Crippen molar-refractivity contribution in [3.05, 3.63) is 123 Å². The van der Waals surface area contributed by atoms with Gasteiger partial charge in [-0.2, -0.15) is 0 Å². The number of carboxylic acid groups (broad SMARTS) is 1. The number of aromatic nitrogens is 1. The summed E-state index contributed by atoms with van der Waals surface area (Å²) < 4.78 is 7.01. The first-order chi connectivity index (χ1) is 19.2. The molecule has 0 fully saturated rings. The molecule has 0 aliphatic carbocycles. The van der Waals surface area contributed by atoms with Gasteiger partial charge in [0.2, 0.25) is 0 Å². The minimum Gasteiger partial charge on any atom is -0.495 e. The van der Waals surface area contributed by atoms with Gasteiger partial charge in [-0.05, 0) is 47.0 Å². The number of hydrogen-bond donors (Lipinski definition) is 1. The zero-order valence-corrected chi connectivity index (χ0v) is 22.9. The molecule has 0 aliphatic rings. The molecule has 0 saturated carbocycles. The average Bonchev–Trinajstić information content (AvgIpc) is 2.96. The first-order valence-electron chi connectivity index (χ1n) is 12.7. The maximum absolute atomic E-state index is 13.7. The maximum Gasteiger partial charge on any atom is 0.335 e. The van der Waals surface area contributed by atoms with Crippen LogP contribution < -0.4 is 10.3 Å². The molecule has 1 N–H and O–H groups in total. The number of rotatable bonds is 11. The van der Waals surface area contributed by atoms with Crippen LogP contribution in [0, 0.1) is 0 Å². The van der Waals surface area contributed by atoms with Gasteiger partial charge < -0.3 is 14.4 Å². The van der Waals surface area contributed by atoms with Crippen LogP contribution in [-0.2, 0) is 17.6 Å². The van der Waals surface area contributed by atoms with Gasteiger partial charge in [0.1, 0.15) is 5.75 Å². The van der Waals surface area contributed by atoms with Crippen LogP contribution in [-0.4, -0.2) is 34.3 Å². The van der Waals surface area contributed by atoms with E-state index in [1.807, 2.05) is 30.3 Å². The van der Waals surface area contributed by atoms with E-state index in [2.05, 4.69) is 0 Å². The van der Waals surface area contributed by atoms with Crippen molar-refractivity contribution in [3.63, 3.8) is 0 Å². The lowest BCUT2D eigenvalue weighted by atomic mass is 9.94. The van der Waals surface area contributed by atoms with E-state index >= 15 is 0 Å². The summed E-state index contributed by atoms with van der Waals surface area (Å²) in [7, 11) is 1.46. The summed E-state index contributed by atoms with van der Waals surface area (Å²) in [5.74, 6) is -1.08. The molecule has 0 aliphatic heterocycles. The van der Waals surface area contributed by atoms with Crippen molar-refractivity contribution in [1.82, 2.24) is 4.57 Å². The lowest BCUT2D eigenvalue weighted by molar-refractivity contribution is -0.121. The number of carboxylic acids is 1. The zero-order valence-electron chi connectivity index (χ0n) is 22.1. The van der Waals surface area contributed by atoms with E-state index in [-0.39, 0.29) is 36.4 Å². The molecule has 204 valence electrons. The van der Waals surface area contributed by atoms with E-state index < -0.39 is 17.6 Å². The maximum atomic E-state index is 13.7. The number of nitrogens with zero attached hydrogens (tertiary/aromatic N) is 1. The minimum atomic E-state index is -1.05. The second-order valence-corrected chi connectivity index (χ2v) is 9.75. The second-order valence-electron chi connectivity index (χ2n) is 9.32. The van der Waals surface area contributed by atoms with E-state index in [0.717, 1.165) is 5.56 Å². The van der Waals surface area contributed by atoms with Gasteiger partial charge in [-0.25, -0.2) is 4.79 Å². The number of ketones is 2. The van der Waals surface area contributed by atoms with Gasteiger partial charge in [-0.15, -0.1) is 0 Å². The summed E-state index contributed by atoms with van der Waals surface area (Å²) in [5, 5.41) is 9.58. The summed E-state index contributed by atoms with van der Waals surface area (Å²) in [6.45, 7) is 1.75. The van der Waals surface area contributed by atoms with Gasteiger partial charge in [-0.1, -0.05) is 61.0 Å². The van der Waals surface area contributed by atoms with Gasteiger partial charge in [0.05, 0.1) is 24.9 Å². The Balaban J connectivity index is 1.79. The number of hydrogen-bond acceptors (Lipinski definition) is 5. The van der Waals surface area contributed by atoms with Gasteiger partial charge in [0.15, 0.2) is 11.6 Å². The van der Waals surface area contributed by atoms with Crippen LogP contribution in [0.25, 0.3) is 11.1 Å². The smallest absolute Gasteiger partial charge is 0.335 e. The highest BCUT2D eigenvalue weighted by atomic mass is 35.5. The monoisotopic (exact) mass is 557 g/mol. The first-order valence-corrected chi connectivity index (χ1v) is 13.1. The predicted molar refractivity (Wildman–Crippen MR) is 154 cm³/mol. The fraction of sp³-hybridized carbons (Fsp3) is 0.188. The zero-order chi connectivity index (χ0) is 28.8. The van der Waals surface area contributed by atoms with Gasteiger partial charge in [-0.3, -0.25) is 14.4 Å². The molecule has 7 nitrogen and oxygen atoms in total. The number of carbonyl (C=O) groups is 3. The van der Waals surface area contributed by atoms with Crippen molar-refractivity contribution < 1.29 is 24.2 Å². The highest BCUT2D eigenvalue weighted by molar-refractivity contribution is 6.31. The molecular formula is C32H28ClNO6. The van der Waals surface area contributed by atoms with Crippen molar-refractivity contribution in [2.75, 3.05) is 7.11 Å². The molecule has 3 aromatic carbocycles. The molecule has 0 spiro atoms. The predicted octanol–water partition coefficient (Wildman–Crippen LogP) is 6.06. The summed E-state index contributed by atoms with van der Waals surface area (Å²) in [6.07, 6.45) is 2.02. The topological polar surface area (TPSA) is 103 Å². The fourth-order valence-electron chi connectivity index (χ4n) is 4.61. The van der Waals surface area contributed by atoms with E-state index in [9.17, 15) is 24.3 Å². The molecule has 8 heteroatoms. The molecule has 4 rings (SSSR count). The average molecular weight is 558 g/mol. The lowest BCUT2D eigenvalue weighted by Crippen LogP contribution is -2.32. The van der Waals surface area contributed by atoms with Crippen LogP contribution in [0.1, 0.15) is 51.2 Å². The van der Waals surface area contributed by atoms with Crippen LogP contribution in [0.15, 0.2) is 89.9 Å². The summed E-state index contributed by atoms with van der Waals surface area (Å²) in [4.78, 5) is 51.2. The normalized spacial score (nSPS) is 11.6. The van der Waals surface area contributed by atoms with E-state index in [4.69, 9.17) is 16.3 Å². The molecule has 1 aromatic heterocycles. The highest BCUT2D eigenvalue weighted by Gasteiger charge is 2.25. The Morgan fingerprint density at radius 1 is 0.925 bits per heavy atom. The Labute approximate surface area is 236 Å². The van der Waals surface area contributed by atoms with Gasteiger partial charge in [0.25, 0.3) is 5.56 Å². The third-order valence-electron chi connectivity index (χ3n) is 6.72. The highest BCUT2D eigenvalue weighted by Crippen LogP contribution is 2.34. The summed E-state index contributed by atoms with van der Waals surface area (Å²) in [5.41, 5.74) is 2.47. The molecule has 4 aromatic rings. The summed E-state index contributed by atoms with van der Waals surface area (Å²) >= 11 is 6.25. The Kier molecular flexibility index (Phi) is 8.97. The second kappa shape index (κ2) is 12.6. The number of benzene rings is 3. The first kappa shape index (κ1) is 28.5. The molecule has 0 bridgehead atoms. The fourth-order valence-corrected chi connectivity index (χ4v) is 4.78. The summed E-state index contributed by atoms with van der Waals surface area (Å²) in [6, 6.07) is 20.8. The van der Waals surface area contributed by atoms with E-state index in [1.165, 1.54) is 36.1 Å². The number of Topliss-reactive ketones (excluding diaryl/α,β-unsaturated/α-hetero) is 2. The standard InChI is InChI=1S/C32H28ClNO6/c1-3-28(35)24-14-13-23(33)17-25(24)26-18-31(37)34(19-30(26)40-2)27(15-20-7-5-4-6-8-20)29(36)16-21-9-11-22(12-10-21)32(38)39/h4-14,17-19,27H,3,15-16H2,1-2H3,(H,38,39)/t27-/m1/s1. The number of ether oxygens (including phenoxy) is 1. The SMILES string of the molecule is CCC(=O)c1ccc(Cl)cc1-c1cc(=O)n([C@H](Cc2ccccc2)C(=O)Cc2ccc(C(=O)O)cc2)cc1OC.